The second kappa shape index (κ2) is 14.1. The molecule has 0 spiro atoms. The van der Waals surface area contributed by atoms with Gasteiger partial charge in [-0.1, -0.05) is 13.8 Å². The SMILES string of the molecule is CC.CN(C)CCNC(=O)CNC(=O)c1ccc(Nc2nccn3c(-c4cn(CC#N)nc4C(F)(F)F)cnc23)cc1. The highest BCUT2D eigenvalue weighted by Gasteiger charge is 2.38. The zero-order valence-corrected chi connectivity index (χ0v) is 23.5. The Morgan fingerprint density at radius 1 is 1.10 bits per heavy atom. The van der Waals surface area contributed by atoms with E-state index in [-0.39, 0.29) is 41.7 Å². The minimum Gasteiger partial charge on any atom is -0.353 e. The zero-order valence-electron chi connectivity index (χ0n) is 23.5. The van der Waals surface area contributed by atoms with Gasteiger partial charge in [0, 0.05) is 42.9 Å². The number of hydrogen-bond acceptors (Lipinski definition) is 8. The molecule has 4 aromatic rings. The van der Waals surface area contributed by atoms with Crippen LogP contribution in [0.1, 0.15) is 29.9 Å². The van der Waals surface area contributed by atoms with E-state index in [0.717, 1.165) is 10.9 Å². The van der Waals surface area contributed by atoms with Crippen LogP contribution in [0, 0.1) is 11.3 Å². The minimum absolute atomic E-state index is 0.120. The normalized spacial score (nSPS) is 11.0. The quantitative estimate of drug-likeness (QED) is 0.258. The van der Waals surface area contributed by atoms with E-state index >= 15 is 0 Å². The molecule has 0 aliphatic rings. The molecule has 3 N–H and O–H groups in total. The zero-order chi connectivity index (χ0) is 30.9. The summed E-state index contributed by atoms with van der Waals surface area (Å²) in [5.41, 5.74) is -0.115. The van der Waals surface area contributed by atoms with Gasteiger partial charge in [-0.05, 0) is 38.4 Å². The van der Waals surface area contributed by atoms with Crippen LogP contribution in [0.15, 0.2) is 49.1 Å². The predicted octanol–water partition coefficient (Wildman–Crippen LogP) is 3.31. The van der Waals surface area contributed by atoms with Crippen molar-refractivity contribution in [3.05, 3.63) is 60.3 Å². The van der Waals surface area contributed by atoms with Gasteiger partial charge in [0.1, 0.15) is 6.54 Å². The Labute approximate surface area is 240 Å². The molecule has 0 aliphatic carbocycles. The van der Waals surface area contributed by atoms with Crippen LogP contribution >= 0.6 is 0 Å². The standard InChI is InChI=1S/C25H25F3N10O2.C2H6/c1-36(2)11-8-30-20(39)14-33-24(40)16-3-5-17(6-4-16)34-22-23-32-13-19(38(23)12-9-31-22)18-15-37(10-7-29)35-21(18)25(26,27)28;1-2/h3-6,9,12-13,15H,8,10-11,14H2,1-2H3,(H,30,39)(H,31,34)(H,33,40);1-2H3. The number of aromatic nitrogens is 5. The first-order valence-electron chi connectivity index (χ1n) is 13.0. The number of nitrogens with zero attached hydrogens (tertiary/aromatic N) is 7. The van der Waals surface area contributed by atoms with Crippen LogP contribution in [0.2, 0.25) is 0 Å². The number of fused-ring (bicyclic) bond motifs is 1. The molecule has 0 bridgehead atoms. The number of carbonyl (C=O) groups excluding carboxylic acids is 2. The number of hydrogen-bond donors (Lipinski definition) is 3. The van der Waals surface area contributed by atoms with Crippen molar-refractivity contribution < 1.29 is 22.8 Å². The molecule has 15 heteroatoms. The number of nitriles is 1. The third-order valence-corrected chi connectivity index (χ3v) is 5.67. The van der Waals surface area contributed by atoms with Crippen LogP contribution < -0.4 is 16.0 Å². The lowest BCUT2D eigenvalue weighted by Crippen LogP contribution is -2.39. The molecule has 0 radical (unpaired) electrons. The van der Waals surface area contributed by atoms with Gasteiger partial charge < -0.3 is 20.9 Å². The van der Waals surface area contributed by atoms with Crippen molar-refractivity contribution in [2.24, 2.45) is 0 Å². The number of rotatable bonds is 10. The van der Waals surface area contributed by atoms with Crippen LogP contribution in [-0.4, -0.2) is 74.6 Å². The van der Waals surface area contributed by atoms with E-state index < -0.39 is 17.8 Å². The van der Waals surface area contributed by atoms with Crippen molar-refractivity contribution >= 4 is 29.0 Å². The van der Waals surface area contributed by atoms with E-state index in [2.05, 4.69) is 31.0 Å². The molecular weight excluding hydrogens is 553 g/mol. The highest BCUT2D eigenvalue weighted by atomic mass is 19.4. The molecule has 0 unspecified atom stereocenters. The van der Waals surface area contributed by atoms with Crippen LogP contribution in [-0.2, 0) is 17.5 Å². The number of anilines is 2. The lowest BCUT2D eigenvalue weighted by molar-refractivity contribution is -0.141. The van der Waals surface area contributed by atoms with E-state index in [9.17, 15) is 22.8 Å². The van der Waals surface area contributed by atoms with E-state index in [1.807, 2.05) is 32.8 Å². The Balaban J connectivity index is 0.00000237. The molecule has 3 heterocycles. The van der Waals surface area contributed by atoms with Crippen molar-refractivity contribution in [3.63, 3.8) is 0 Å². The summed E-state index contributed by atoms with van der Waals surface area (Å²) in [6.45, 7) is 4.64. The third kappa shape index (κ3) is 7.82. The number of likely N-dealkylation sites (N-methyl/N-ethyl adjacent to an activating group) is 1. The van der Waals surface area contributed by atoms with Crippen molar-refractivity contribution in [3.8, 4) is 17.3 Å². The fraction of sp³-hybridized carbons (Fsp3) is 0.333. The number of halogens is 3. The first-order chi connectivity index (χ1) is 20.1. The summed E-state index contributed by atoms with van der Waals surface area (Å²) in [5, 5.41) is 20.7. The Morgan fingerprint density at radius 3 is 2.45 bits per heavy atom. The van der Waals surface area contributed by atoms with E-state index in [1.54, 1.807) is 30.3 Å². The molecule has 0 saturated carbocycles. The van der Waals surface area contributed by atoms with Gasteiger partial charge in [0.15, 0.2) is 17.2 Å². The molecule has 3 aromatic heterocycles. The second-order valence-electron chi connectivity index (χ2n) is 8.90. The first-order valence-corrected chi connectivity index (χ1v) is 13.0. The number of amides is 2. The Bertz CT molecular complexity index is 1550. The maximum atomic E-state index is 13.7. The fourth-order valence-corrected chi connectivity index (χ4v) is 3.76. The molecular formula is C27H31F3N10O2. The second-order valence-corrected chi connectivity index (χ2v) is 8.90. The van der Waals surface area contributed by atoms with E-state index in [1.165, 1.54) is 23.0 Å². The summed E-state index contributed by atoms with van der Waals surface area (Å²) < 4.78 is 43.3. The maximum Gasteiger partial charge on any atom is 0.435 e. The Kier molecular flexibility index (Phi) is 10.6. The smallest absolute Gasteiger partial charge is 0.353 e. The van der Waals surface area contributed by atoms with Crippen molar-refractivity contribution in [2.75, 3.05) is 39.0 Å². The average molecular weight is 585 g/mol. The van der Waals surface area contributed by atoms with Crippen LogP contribution in [0.4, 0.5) is 24.7 Å². The molecule has 222 valence electrons. The van der Waals surface area contributed by atoms with Crippen LogP contribution in [0.25, 0.3) is 16.9 Å². The Morgan fingerprint density at radius 2 is 1.81 bits per heavy atom. The fourth-order valence-electron chi connectivity index (χ4n) is 3.76. The van der Waals surface area contributed by atoms with Gasteiger partial charge in [-0.2, -0.15) is 23.5 Å². The lowest BCUT2D eigenvalue weighted by Gasteiger charge is -2.11. The predicted molar refractivity (Wildman–Crippen MR) is 150 cm³/mol. The van der Waals surface area contributed by atoms with Gasteiger partial charge in [0.2, 0.25) is 5.91 Å². The number of imidazole rings is 1. The van der Waals surface area contributed by atoms with Crippen LogP contribution in [0.3, 0.4) is 0 Å². The number of nitrogens with one attached hydrogen (secondary N) is 3. The van der Waals surface area contributed by atoms with Crippen molar-refractivity contribution in [2.45, 2.75) is 26.6 Å². The highest BCUT2D eigenvalue weighted by Crippen LogP contribution is 2.36. The molecule has 0 saturated heterocycles. The molecule has 0 fully saturated rings. The molecule has 4 rings (SSSR count). The summed E-state index contributed by atoms with van der Waals surface area (Å²) >= 11 is 0. The molecule has 0 aliphatic heterocycles. The monoisotopic (exact) mass is 584 g/mol. The molecule has 42 heavy (non-hydrogen) atoms. The third-order valence-electron chi connectivity index (χ3n) is 5.67. The van der Waals surface area contributed by atoms with Gasteiger partial charge in [-0.25, -0.2) is 9.97 Å². The lowest BCUT2D eigenvalue weighted by atomic mass is 10.2. The number of carbonyl (C=O) groups is 2. The van der Waals surface area contributed by atoms with Gasteiger partial charge in [-0.15, -0.1) is 0 Å². The average Bonchev–Trinajstić information content (AvgIpc) is 3.58. The van der Waals surface area contributed by atoms with E-state index in [0.29, 0.717) is 24.3 Å². The first kappa shape index (κ1) is 31.6. The number of alkyl halides is 3. The molecule has 2 amide bonds. The molecule has 0 atom stereocenters. The van der Waals surface area contributed by atoms with E-state index in [4.69, 9.17) is 5.26 Å². The number of benzene rings is 1. The minimum atomic E-state index is -4.74. The maximum absolute atomic E-state index is 13.7. The molecule has 1 aromatic carbocycles. The summed E-state index contributed by atoms with van der Waals surface area (Å²) in [7, 11) is 3.77. The van der Waals surface area contributed by atoms with Crippen molar-refractivity contribution in [1.29, 1.82) is 5.26 Å². The van der Waals surface area contributed by atoms with Gasteiger partial charge in [-0.3, -0.25) is 18.7 Å². The summed E-state index contributed by atoms with van der Waals surface area (Å²) in [4.78, 5) is 34.7. The highest BCUT2D eigenvalue weighted by molar-refractivity contribution is 5.96. The van der Waals surface area contributed by atoms with Gasteiger partial charge in [0.05, 0.1) is 30.1 Å². The van der Waals surface area contributed by atoms with Gasteiger partial charge >= 0.3 is 6.18 Å². The summed E-state index contributed by atoms with van der Waals surface area (Å²) in [6, 6.07) is 8.12. The summed E-state index contributed by atoms with van der Waals surface area (Å²) in [5.74, 6) is -0.463. The summed E-state index contributed by atoms with van der Waals surface area (Å²) in [6.07, 6.45) is 0.557. The van der Waals surface area contributed by atoms with Gasteiger partial charge in [0.25, 0.3) is 5.91 Å². The topological polar surface area (TPSA) is 145 Å². The molecule has 12 nitrogen and oxygen atoms in total. The van der Waals surface area contributed by atoms with Crippen LogP contribution in [0.5, 0.6) is 0 Å². The largest absolute Gasteiger partial charge is 0.435 e. The van der Waals surface area contributed by atoms with Crippen molar-refractivity contribution in [1.82, 2.24) is 39.7 Å². The Hall–Kier alpha value is -4.97.